The van der Waals surface area contributed by atoms with Gasteiger partial charge in [-0.3, -0.25) is 4.79 Å². The SMILES string of the molecule is CCCCCCCC(=O)N1C(=O)OC[C@H]1c1ccccc1. The van der Waals surface area contributed by atoms with Crippen molar-refractivity contribution in [1.29, 1.82) is 0 Å². The molecular weight excluding hydrogens is 266 g/mol. The third-order valence-electron chi connectivity index (χ3n) is 3.82. The minimum atomic E-state index is -0.512. The van der Waals surface area contributed by atoms with Crippen LogP contribution in [0.1, 0.15) is 57.1 Å². The van der Waals surface area contributed by atoms with E-state index in [2.05, 4.69) is 6.92 Å². The van der Waals surface area contributed by atoms with Gasteiger partial charge in [-0.1, -0.05) is 62.9 Å². The second kappa shape index (κ2) is 7.81. The molecule has 0 N–H and O–H groups in total. The first kappa shape index (κ1) is 15.5. The summed E-state index contributed by atoms with van der Waals surface area (Å²) in [5.41, 5.74) is 0.947. The molecule has 0 radical (unpaired) electrons. The van der Waals surface area contributed by atoms with Crippen LogP contribution in [-0.4, -0.2) is 23.5 Å². The van der Waals surface area contributed by atoms with Crippen molar-refractivity contribution in [2.75, 3.05) is 6.61 Å². The molecule has 1 aromatic carbocycles. The molecule has 114 valence electrons. The Morgan fingerprint density at radius 1 is 1.19 bits per heavy atom. The van der Waals surface area contributed by atoms with Crippen molar-refractivity contribution in [3.63, 3.8) is 0 Å². The number of benzene rings is 1. The third kappa shape index (κ3) is 4.06. The first-order chi connectivity index (χ1) is 10.2. The van der Waals surface area contributed by atoms with E-state index in [4.69, 9.17) is 4.74 Å². The summed E-state index contributed by atoms with van der Waals surface area (Å²) in [4.78, 5) is 25.4. The molecule has 1 fully saturated rings. The molecular formula is C17H23NO3. The van der Waals surface area contributed by atoms with Crippen LogP contribution in [-0.2, 0) is 9.53 Å². The number of carbonyl (C=O) groups excluding carboxylic acids is 2. The smallest absolute Gasteiger partial charge is 0.417 e. The van der Waals surface area contributed by atoms with Gasteiger partial charge in [0.2, 0.25) is 5.91 Å². The predicted octanol–water partition coefficient (Wildman–Crippen LogP) is 4.07. The molecule has 4 nitrogen and oxygen atoms in total. The van der Waals surface area contributed by atoms with Gasteiger partial charge in [-0.05, 0) is 12.0 Å². The van der Waals surface area contributed by atoms with E-state index in [-0.39, 0.29) is 18.6 Å². The Kier molecular flexibility index (Phi) is 5.78. The molecule has 1 saturated heterocycles. The number of hydrogen-bond donors (Lipinski definition) is 0. The fraction of sp³-hybridized carbons (Fsp3) is 0.529. The van der Waals surface area contributed by atoms with E-state index in [0.29, 0.717) is 6.42 Å². The second-order valence-corrected chi connectivity index (χ2v) is 5.43. The van der Waals surface area contributed by atoms with Crippen molar-refractivity contribution in [2.45, 2.75) is 51.5 Å². The minimum absolute atomic E-state index is 0.122. The maximum Gasteiger partial charge on any atom is 0.417 e. The van der Waals surface area contributed by atoms with Gasteiger partial charge in [0.1, 0.15) is 12.6 Å². The number of cyclic esters (lactones) is 1. The van der Waals surface area contributed by atoms with Crippen molar-refractivity contribution < 1.29 is 14.3 Å². The second-order valence-electron chi connectivity index (χ2n) is 5.43. The summed E-state index contributed by atoms with van der Waals surface area (Å²) >= 11 is 0. The van der Waals surface area contributed by atoms with Crippen LogP contribution >= 0.6 is 0 Å². The van der Waals surface area contributed by atoms with Crippen LogP contribution in [0.3, 0.4) is 0 Å². The van der Waals surface area contributed by atoms with Crippen LogP contribution in [0.15, 0.2) is 30.3 Å². The van der Waals surface area contributed by atoms with Gasteiger partial charge in [0.15, 0.2) is 0 Å². The highest BCUT2D eigenvalue weighted by Gasteiger charge is 2.38. The zero-order chi connectivity index (χ0) is 15.1. The summed E-state index contributed by atoms with van der Waals surface area (Å²) in [5.74, 6) is -0.122. The molecule has 1 aromatic rings. The number of imide groups is 1. The summed E-state index contributed by atoms with van der Waals surface area (Å²) < 4.78 is 5.06. The fourth-order valence-corrected chi connectivity index (χ4v) is 2.62. The first-order valence-electron chi connectivity index (χ1n) is 7.77. The molecule has 0 unspecified atom stereocenters. The van der Waals surface area contributed by atoms with Crippen molar-refractivity contribution in [3.8, 4) is 0 Å². The average molecular weight is 289 g/mol. The summed E-state index contributed by atoms with van der Waals surface area (Å²) in [6.07, 6.45) is 5.32. The lowest BCUT2D eigenvalue weighted by atomic mass is 10.1. The van der Waals surface area contributed by atoms with Crippen LogP contribution in [0.5, 0.6) is 0 Å². The molecule has 0 bridgehead atoms. The highest BCUT2D eigenvalue weighted by Crippen LogP contribution is 2.28. The maximum absolute atomic E-state index is 12.3. The molecule has 1 aliphatic rings. The molecule has 1 heterocycles. The molecule has 0 saturated carbocycles. The largest absolute Gasteiger partial charge is 0.446 e. The predicted molar refractivity (Wildman–Crippen MR) is 80.8 cm³/mol. The lowest BCUT2D eigenvalue weighted by Gasteiger charge is -2.19. The zero-order valence-corrected chi connectivity index (χ0v) is 12.6. The molecule has 2 amide bonds. The van der Waals surface area contributed by atoms with E-state index in [9.17, 15) is 9.59 Å². The summed E-state index contributed by atoms with van der Waals surface area (Å²) in [7, 11) is 0. The molecule has 1 atom stereocenters. The van der Waals surface area contributed by atoms with Crippen LogP contribution in [0.4, 0.5) is 4.79 Å². The van der Waals surface area contributed by atoms with E-state index in [1.165, 1.54) is 17.7 Å². The molecule has 1 aliphatic heterocycles. The van der Waals surface area contributed by atoms with Gasteiger partial charge in [-0.2, -0.15) is 0 Å². The standard InChI is InChI=1S/C17H23NO3/c1-2-3-4-5-9-12-16(19)18-15(13-21-17(18)20)14-10-7-6-8-11-14/h6-8,10-11,15H,2-5,9,12-13H2,1H3/t15-/m0/s1. The number of carbonyl (C=O) groups is 2. The van der Waals surface area contributed by atoms with Gasteiger partial charge in [-0.15, -0.1) is 0 Å². The minimum Gasteiger partial charge on any atom is -0.446 e. The van der Waals surface area contributed by atoms with Crippen molar-refractivity contribution in [2.24, 2.45) is 0 Å². The summed E-state index contributed by atoms with van der Waals surface area (Å²) in [5, 5.41) is 0. The van der Waals surface area contributed by atoms with Gasteiger partial charge in [-0.25, -0.2) is 9.69 Å². The van der Waals surface area contributed by atoms with E-state index >= 15 is 0 Å². The van der Waals surface area contributed by atoms with Crippen molar-refractivity contribution in [3.05, 3.63) is 35.9 Å². The number of hydrogen-bond acceptors (Lipinski definition) is 3. The maximum atomic E-state index is 12.3. The Labute approximate surface area is 126 Å². The Morgan fingerprint density at radius 3 is 2.62 bits per heavy atom. The number of amides is 2. The summed E-state index contributed by atoms with van der Waals surface area (Å²) in [6, 6.07) is 9.31. The molecule has 21 heavy (non-hydrogen) atoms. The molecule has 0 spiro atoms. The summed E-state index contributed by atoms with van der Waals surface area (Å²) in [6.45, 7) is 2.42. The van der Waals surface area contributed by atoms with Gasteiger partial charge in [0.05, 0.1) is 0 Å². The van der Waals surface area contributed by atoms with Crippen LogP contribution in [0, 0.1) is 0 Å². The Morgan fingerprint density at radius 2 is 1.90 bits per heavy atom. The van der Waals surface area contributed by atoms with Crippen LogP contribution in [0.2, 0.25) is 0 Å². The van der Waals surface area contributed by atoms with Gasteiger partial charge in [0, 0.05) is 6.42 Å². The lowest BCUT2D eigenvalue weighted by Crippen LogP contribution is -2.34. The Balaban J connectivity index is 1.92. The van der Waals surface area contributed by atoms with Crippen molar-refractivity contribution >= 4 is 12.0 Å². The first-order valence-corrected chi connectivity index (χ1v) is 7.77. The van der Waals surface area contributed by atoms with Crippen LogP contribution in [0.25, 0.3) is 0 Å². The average Bonchev–Trinajstić information content (AvgIpc) is 2.89. The number of ether oxygens (including phenoxy) is 1. The highest BCUT2D eigenvalue weighted by molar-refractivity contribution is 5.93. The van der Waals surface area contributed by atoms with Gasteiger partial charge in [0.25, 0.3) is 0 Å². The van der Waals surface area contributed by atoms with Crippen molar-refractivity contribution in [1.82, 2.24) is 4.90 Å². The van der Waals surface area contributed by atoms with E-state index in [0.717, 1.165) is 24.8 Å². The normalized spacial score (nSPS) is 17.9. The molecule has 0 aliphatic carbocycles. The lowest BCUT2D eigenvalue weighted by molar-refractivity contribution is -0.129. The van der Waals surface area contributed by atoms with E-state index in [1.54, 1.807) is 0 Å². The Bertz CT molecular complexity index is 472. The quantitative estimate of drug-likeness (QED) is 0.711. The molecule has 2 rings (SSSR count). The molecule has 0 aromatic heterocycles. The van der Waals surface area contributed by atoms with E-state index in [1.807, 2.05) is 30.3 Å². The van der Waals surface area contributed by atoms with E-state index < -0.39 is 6.09 Å². The molecule has 4 heteroatoms. The van der Waals surface area contributed by atoms with Gasteiger partial charge < -0.3 is 4.74 Å². The highest BCUT2D eigenvalue weighted by atomic mass is 16.6. The van der Waals surface area contributed by atoms with Crippen LogP contribution < -0.4 is 0 Å². The third-order valence-corrected chi connectivity index (χ3v) is 3.82. The fourth-order valence-electron chi connectivity index (χ4n) is 2.62. The Hall–Kier alpha value is -1.84. The number of unbranched alkanes of at least 4 members (excludes halogenated alkanes) is 4. The monoisotopic (exact) mass is 289 g/mol. The number of nitrogens with zero attached hydrogens (tertiary/aromatic N) is 1. The zero-order valence-electron chi connectivity index (χ0n) is 12.6. The topological polar surface area (TPSA) is 46.6 Å². The number of rotatable bonds is 7. The van der Waals surface area contributed by atoms with Gasteiger partial charge >= 0.3 is 6.09 Å².